The van der Waals surface area contributed by atoms with E-state index >= 15 is 0 Å². The Morgan fingerprint density at radius 1 is 1.16 bits per heavy atom. The number of morpholine rings is 1. The van der Waals surface area contributed by atoms with E-state index in [1.165, 1.54) is 12.3 Å². The Morgan fingerprint density at radius 3 is 2.56 bits per heavy atom. The van der Waals surface area contributed by atoms with E-state index in [-0.39, 0.29) is 17.5 Å². The van der Waals surface area contributed by atoms with Gasteiger partial charge in [0.25, 0.3) is 0 Å². The summed E-state index contributed by atoms with van der Waals surface area (Å²) in [6.07, 6.45) is -3.43. The van der Waals surface area contributed by atoms with Crippen LogP contribution in [0.25, 0.3) is 11.5 Å². The van der Waals surface area contributed by atoms with Crippen LogP contribution < -0.4 is 5.32 Å². The molecule has 0 saturated carbocycles. The molecule has 1 aromatic carbocycles. The molecule has 32 heavy (non-hydrogen) atoms. The number of amides is 2. The maximum absolute atomic E-state index is 12.8. The first kappa shape index (κ1) is 22.0. The minimum Gasteiger partial charge on any atom is -0.413 e. The van der Waals surface area contributed by atoms with Gasteiger partial charge in [-0.15, -0.1) is 10.2 Å². The molecule has 0 radical (unpaired) electrons. The third kappa shape index (κ3) is 5.00. The van der Waals surface area contributed by atoms with Crippen molar-refractivity contribution in [2.75, 3.05) is 26.3 Å². The number of nitrogens with one attached hydrogen (secondary N) is 1. The molecule has 4 rings (SSSR count). The highest BCUT2D eigenvalue weighted by molar-refractivity contribution is 6.30. The Labute approximate surface area is 185 Å². The van der Waals surface area contributed by atoms with Crippen LogP contribution >= 0.6 is 11.6 Å². The van der Waals surface area contributed by atoms with Crippen molar-refractivity contribution in [1.82, 2.24) is 25.4 Å². The van der Waals surface area contributed by atoms with Crippen LogP contribution in [0.5, 0.6) is 0 Å². The van der Waals surface area contributed by atoms with Gasteiger partial charge in [-0.05, 0) is 29.8 Å². The Kier molecular flexibility index (Phi) is 6.28. The minimum absolute atomic E-state index is 0.209. The van der Waals surface area contributed by atoms with Crippen molar-refractivity contribution < 1.29 is 27.1 Å². The lowest BCUT2D eigenvalue weighted by molar-refractivity contribution is -0.156. The van der Waals surface area contributed by atoms with Crippen LogP contribution in [0.2, 0.25) is 5.02 Å². The third-order valence-electron chi connectivity index (χ3n) is 4.74. The minimum atomic E-state index is -4.74. The van der Waals surface area contributed by atoms with Crippen LogP contribution in [0.15, 0.2) is 47.0 Å². The van der Waals surface area contributed by atoms with Crippen LogP contribution in [-0.2, 0) is 10.9 Å². The maximum Gasteiger partial charge on any atom is 0.470 e. The summed E-state index contributed by atoms with van der Waals surface area (Å²) in [5, 5.41) is 9.86. The number of benzene rings is 1. The number of hydrogen-bond acceptors (Lipinski definition) is 6. The third-order valence-corrected chi connectivity index (χ3v) is 4.98. The van der Waals surface area contributed by atoms with Crippen LogP contribution in [0.3, 0.4) is 0 Å². The molecule has 1 N–H and O–H groups in total. The quantitative estimate of drug-likeness (QED) is 0.625. The molecule has 1 unspecified atom stereocenters. The zero-order chi connectivity index (χ0) is 22.7. The van der Waals surface area contributed by atoms with Crippen molar-refractivity contribution in [3.63, 3.8) is 0 Å². The van der Waals surface area contributed by atoms with Crippen molar-refractivity contribution in [3.8, 4) is 11.5 Å². The zero-order valence-electron chi connectivity index (χ0n) is 16.5. The first-order valence-corrected chi connectivity index (χ1v) is 9.95. The number of hydrogen-bond donors (Lipinski definition) is 1. The molecule has 8 nitrogen and oxygen atoms in total. The molecule has 12 heteroatoms. The van der Waals surface area contributed by atoms with E-state index < -0.39 is 18.1 Å². The van der Waals surface area contributed by atoms with Gasteiger partial charge in [0, 0.05) is 24.3 Å². The van der Waals surface area contributed by atoms with Gasteiger partial charge in [0.1, 0.15) is 0 Å². The Hall–Kier alpha value is -3.18. The predicted octanol–water partition coefficient (Wildman–Crippen LogP) is 3.94. The predicted molar refractivity (Wildman–Crippen MR) is 107 cm³/mol. The standard InChI is InChI=1S/C20H17ClF3N5O3/c21-14-3-1-2-12(10-14)16(26-19(30)29-6-8-31-9-7-29)15-5-4-13(11-25-15)17-27-28-18(32-17)20(22,23)24/h1-5,10-11,16H,6-9H2,(H,26,30). The number of nitrogens with zero attached hydrogens (tertiary/aromatic N) is 4. The van der Waals surface area contributed by atoms with Gasteiger partial charge in [-0.2, -0.15) is 13.2 Å². The molecule has 1 aliphatic rings. The van der Waals surface area contributed by atoms with E-state index in [4.69, 9.17) is 16.3 Å². The molecule has 0 spiro atoms. The second-order valence-corrected chi connectivity index (χ2v) is 7.36. The molecule has 1 atom stereocenters. The highest BCUT2D eigenvalue weighted by Gasteiger charge is 2.38. The van der Waals surface area contributed by atoms with Gasteiger partial charge in [-0.3, -0.25) is 4.98 Å². The summed E-state index contributed by atoms with van der Waals surface area (Å²) in [5.41, 5.74) is 1.35. The number of halogens is 4. The van der Waals surface area contributed by atoms with Crippen molar-refractivity contribution in [1.29, 1.82) is 0 Å². The Morgan fingerprint density at radius 2 is 1.94 bits per heavy atom. The highest BCUT2D eigenvalue weighted by atomic mass is 35.5. The van der Waals surface area contributed by atoms with Gasteiger partial charge in [-0.1, -0.05) is 23.7 Å². The summed E-state index contributed by atoms with van der Waals surface area (Å²) in [4.78, 5) is 18.7. The van der Waals surface area contributed by atoms with Gasteiger partial charge in [-0.25, -0.2) is 4.79 Å². The van der Waals surface area contributed by atoms with Gasteiger partial charge in [0.2, 0.25) is 5.89 Å². The average molecular weight is 468 g/mol. The lowest BCUT2D eigenvalue weighted by Gasteiger charge is -2.29. The highest BCUT2D eigenvalue weighted by Crippen LogP contribution is 2.31. The fourth-order valence-electron chi connectivity index (χ4n) is 3.15. The second kappa shape index (κ2) is 9.13. The lowest BCUT2D eigenvalue weighted by atomic mass is 10.0. The molecule has 0 aliphatic carbocycles. The number of alkyl halides is 3. The molecule has 1 fully saturated rings. The summed E-state index contributed by atoms with van der Waals surface area (Å²) in [7, 11) is 0. The van der Waals surface area contributed by atoms with E-state index in [0.717, 1.165) is 0 Å². The molecular formula is C20H17ClF3N5O3. The number of rotatable bonds is 4. The van der Waals surface area contributed by atoms with Gasteiger partial charge < -0.3 is 19.4 Å². The molecule has 1 saturated heterocycles. The maximum atomic E-state index is 12.8. The molecule has 168 valence electrons. The molecule has 2 aromatic heterocycles. The number of pyridine rings is 1. The SMILES string of the molecule is O=C(NC(c1cccc(Cl)c1)c1ccc(-c2nnc(C(F)(F)F)o2)cn1)N1CCOCC1. The average Bonchev–Trinajstić information content (AvgIpc) is 3.29. The van der Waals surface area contributed by atoms with Crippen molar-refractivity contribution in [2.24, 2.45) is 0 Å². The van der Waals surface area contributed by atoms with E-state index in [0.29, 0.717) is 42.6 Å². The van der Waals surface area contributed by atoms with E-state index in [9.17, 15) is 18.0 Å². The molecule has 1 aliphatic heterocycles. The van der Waals surface area contributed by atoms with Crippen molar-refractivity contribution in [3.05, 3.63) is 64.8 Å². The number of urea groups is 1. The van der Waals surface area contributed by atoms with Gasteiger partial charge >= 0.3 is 18.1 Å². The number of carbonyl (C=O) groups excluding carboxylic acids is 1. The first-order valence-electron chi connectivity index (χ1n) is 9.57. The monoisotopic (exact) mass is 467 g/mol. The normalized spacial score (nSPS) is 15.4. The summed E-state index contributed by atoms with van der Waals surface area (Å²) in [6.45, 7) is 1.82. The number of aromatic nitrogens is 3. The van der Waals surface area contributed by atoms with E-state index in [1.807, 2.05) is 0 Å². The lowest BCUT2D eigenvalue weighted by Crippen LogP contribution is -2.47. The second-order valence-electron chi connectivity index (χ2n) is 6.92. The van der Waals surface area contributed by atoms with Gasteiger partial charge in [0.05, 0.1) is 30.5 Å². The summed E-state index contributed by atoms with van der Waals surface area (Å²) in [6, 6.07) is 9.07. The largest absolute Gasteiger partial charge is 0.470 e. The van der Waals surface area contributed by atoms with Crippen LogP contribution in [-0.4, -0.2) is 52.4 Å². The number of ether oxygens (including phenoxy) is 1. The molecule has 2 amide bonds. The fraction of sp³-hybridized carbons (Fsp3) is 0.300. The summed E-state index contributed by atoms with van der Waals surface area (Å²) >= 11 is 6.13. The van der Waals surface area contributed by atoms with Crippen LogP contribution in [0, 0.1) is 0 Å². The van der Waals surface area contributed by atoms with Crippen LogP contribution in [0.4, 0.5) is 18.0 Å². The smallest absolute Gasteiger partial charge is 0.413 e. The van der Waals surface area contributed by atoms with Gasteiger partial charge in [0.15, 0.2) is 0 Å². The molecular weight excluding hydrogens is 451 g/mol. The first-order chi connectivity index (χ1) is 15.3. The molecule has 3 heterocycles. The van der Waals surface area contributed by atoms with Crippen molar-refractivity contribution >= 4 is 17.6 Å². The summed E-state index contributed by atoms with van der Waals surface area (Å²) in [5.74, 6) is -1.75. The molecule has 3 aromatic rings. The zero-order valence-corrected chi connectivity index (χ0v) is 17.2. The topological polar surface area (TPSA) is 93.4 Å². The fourth-order valence-corrected chi connectivity index (χ4v) is 3.35. The van der Waals surface area contributed by atoms with Crippen molar-refractivity contribution in [2.45, 2.75) is 12.2 Å². The van der Waals surface area contributed by atoms with E-state index in [2.05, 4.69) is 24.9 Å². The van der Waals surface area contributed by atoms with E-state index in [1.54, 1.807) is 35.2 Å². The Balaban J connectivity index is 1.60. The molecule has 0 bridgehead atoms. The van der Waals surface area contributed by atoms with Crippen LogP contribution in [0.1, 0.15) is 23.2 Å². The Bertz CT molecular complexity index is 1080. The summed E-state index contributed by atoms with van der Waals surface area (Å²) < 4.78 is 48.1. The number of carbonyl (C=O) groups is 1.